The lowest BCUT2D eigenvalue weighted by Crippen LogP contribution is -2.46. The van der Waals surface area contributed by atoms with Crippen LogP contribution < -0.4 is 15.4 Å². The predicted octanol–water partition coefficient (Wildman–Crippen LogP) is 1.03. The molecule has 9 nitrogen and oxygen atoms in total. The molecule has 158 valence electrons. The Labute approximate surface area is 173 Å². The summed E-state index contributed by atoms with van der Waals surface area (Å²) in [6.07, 6.45) is 1.06. The fourth-order valence-electron chi connectivity index (χ4n) is 2.76. The molecule has 10 heteroatoms. The van der Waals surface area contributed by atoms with Gasteiger partial charge in [0, 0.05) is 13.1 Å². The van der Waals surface area contributed by atoms with Crippen molar-refractivity contribution < 1.29 is 28.7 Å². The van der Waals surface area contributed by atoms with Crippen LogP contribution in [0.1, 0.15) is 23.7 Å². The Bertz CT molecular complexity index is 772. The fraction of sp³-hybridized carbons (Fsp3) is 0.474. The van der Waals surface area contributed by atoms with Crippen molar-refractivity contribution in [2.45, 2.75) is 25.5 Å². The second-order valence-corrected chi connectivity index (χ2v) is 7.29. The van der Waals surface area contributed by atoms with Gasteiger partial charge in [-0.2, -0.15) is 11.8 Å². The first-order valence-corrected chi connectivity index (χ1v) is 10.5. The average molecular weight is 423 g/mol. The first-order chi connectivity index (χ1) is 13.9. The van der Waals surface area contributed by atoms with E-state index in [-0.39, 0.29) is 12.1 Å². The molecule has 4 amide bonds. The summed E-state index contributed by atoms with van der Waals surface area (Å²) in [5.41, 5.74) is 0.287. The molecule has 0 saturated carbocycles. The van der Waals surface area contributed by atoms with Gasteiger partial charge in [-0.15, -0.1) is 0 Å². The molecule has 1 aromatic carbocycles. The number of urea groups is 1. The highest BCUT2D eigenvalue weighted by molar-refractivity contribution is 7.98. The number of thioether (sulfide) groups is 1. The molecule has 2 N–H and O–H groups in total. The molecule has 0 unspecified atom stereocenters. The maximum Gasteiger partial charge on any atom is 0.329 e. The molecule has 1 saturated heterocycles. The Morgan fingerprint density at radius 2 is 2.03 bits per heavy atom. The molecule has 1 heterocycles. The number of amides is 4. The van der Waals surface area contributed by atoms with Gasteiger partial charge in [-0.05, 0) is 37.5 Å². The van der Waals surface area contributed by atoms with E-state index in [0.29, 0.717) is 24.5 Å². The third-order valence-electron chi connectivity index (χ3n) is 4.32. The monoisotopic (exact) mass is 423 g/mol. The van der Waals surface area contributed by atoms with Crippen molar-refractivity contribution in [3.05, 3.63) is 29.8 Å². The molecule has 0 radical (unpaired) electrons. The lowest BCUT2D eigenvalue weighted by Gasteiger charge is -2.22. The smallest absolute Gasteiger partial charge is 0.329 e. The van der Waals surface area contributed by atoms with Crippen molar-refractivity contribution in [3.8, 4) is 5.75 Å². The van der Waals surface area contributed by atoms with Gasteiger partial charge in [-0.1, -0.05) is 12.1 Å². The third-order valence-corrected chi connectivity index (χ3v) is 4.96. The van der Waals surface area contributed by atoms with Gasteiger partial charge in [0.2, 0.25) is 0 Å². The summed E-state index contributed by atoms with van der Waals surface area (Å²) in [4.78, 5) is 50.2. The third kappa shape index (κ3) is 5.86. The average Bonchev–Trinajstić information content (AvgIpc) is 3.15. The zero-order valence-corrected chi connectivity index (χ0v) is 17.4. The van der Waals surface area contributed by atoms with Gasteiger partial charge in [-0.25, -0.2) is 9.59 Å². The second kappa shape index (κ2) is 10.7. The SMILES string of the molecule is COc1ccccc1C(=O)N[C@@H](CCSC)C(=O)O[C@@H](C)C(=O)N1CCNC1=O. The first kappa shape index (κ1) is 22.5. The van der Waals surface area contributed by atoms with E-state index in [1.165, 1.54) is 25.8 Å². The number of hydrogen-bond donors (Lipinski definition) is 2. The molecule has 1 aliphatic heterocycles. The molecule has 2 rings (SSSR count). The lowest BCUT2D eigenvalue weighted by atomic mass is 10.1. The molecule has 1 fully saturated rings. The highest BCUT2D eigenvalue weighted by Crippen LogP contribution is 2.18. The standard InChI is InChI=1S/C19H25N3O6S/c1-12(17(24)22-10-9-20-19(22)26)28-18(25)14(8-11-29-3)21-16(23)13-6-4-5-7-15(13)27-2/h4-7,12,14H,8-11H2,1-3H3,(H,20,26)(H,21,23)/t12-,14-/m0/s1. The van der Waals surface area contributed by atoms with Gasteiger partial charge < -0.3 is 20.1 Å². The van der Waals surface area contributed by atoms with Crippen LogP contribution in [-0.2, 0) is 14.3 Å². The topological polar surface area (TPSA) is 114 Å². The number of rotatable bonds is 9. The second-order valence-electron chi connectivity index (χ2n) is 6.31. The Morgan fingerprint density at radius 1 is 1.31 bits per heavy atom. The molecule has 0 spiro atoms. The maximum absolute atomic E-state index is 12.6. The summed E-state index contributed by atoms with van der Waals surface area (Å²) in [5.74, 6) is -0.840. The van der Waals surface area contributed by atoms with Crippen molar-refractivity contribution in [1.29, 1.82) is 0 Å². The summed E-state index contributed by atoms with van der Waals surface area (Å²) in [7, 11) is 1.45. The van der Waals surface area contributed by atoms with Gasteiger partial charge in [0.1, 0.15) is 11.8 Å². The van der Waals surface area contributed by atoms with Crippen molar-refractivity contribution in [3.63, 3.8) is 0 Å². The molecular weight excluding hydrogens is 398 g/mol. The number of nitrogens with zero attached hydrogens (tertiary/aromatic N) is 1. The normalized spacial score (nSPS) is 15.3. The van der Waals surface area contributed by atoms with Crippen LogP contribution in [-0.4, -0.2) is 73.1 Å². The number of hydrogen-bond acceptors (Lipinski definition) is 7. The number of benzene rings is 1. The summed E-state index contributed by atoms with van der Waals surface area (Å²) in [6.45, 7) is 1.98. The van der Waals surface area contributed by atoms with Gasteiger partial charge in [-0.3, -0.25) is 14.5 Å². The van der Waals surface area contributed by atoms with Gasteiger partial charge in [0.15, 0.2) is 6.10 Å². The van der Waals surface area contributed by atoms with Crippen LogP contribution >= 0.6 is 11.8 Å². The molecule has 0 bridgehead atoms. The highest BCUT2D eigenvalue weighted by atomic mass is 32.2. The fourth-order valence-corrected chi connectivity index (χ4v) is 3.23. The number of imide groups is 1. The van der Waals surface area contributed by atoms with Crippen LogP contribution in [0.4, 0.5) is 4.79 Å². The zero-order chi connectivity index (χ0) is 21.4. The first-order valence-electron chi connectivity index (χ1n) is 9.11. The number of carbonyl (C=O) groups is 4. The van der Waals surface area contributed by atoms with Crippen molar-refractivity contribution in [2.75, 3.05) is 32.2 Å². The lowest BCUT2D eigenvalue weighted by molar-refractivity contribution is -0.159. The van der Waals surface area contributed by atoms with E-state index in [2.05, 4.69) is 10.6 Å². The summed E-state index contributed by atoms with van der Waals surface area (Å²) in [6, 6.07) is 5.20. The van der Waals surface area contributed by atoms with Crippen molar-refractivity contribution in [1.82, 2.24) is 15.5 Å². The number of ether oxygens (including phenoxy) is 2. The molecule has 1 aliphatic rings. The van der Waals surface area contributed by atoms with E-state index in [4.69, 9.17) is 9.47 Å². The summed E-state index contributed by atoms with van der Waals surface area (Å²) >= 11 is 1.51. The quantitative estimate of drug-likeness (QED) is 0.570. The molecule has 0 aromatic heterocycles. The van der Waals surface area contributed by atoms with E-state index in [0.717, 1.165) is 4.90 Å². The molecular formula is C19H25N3O6S. The van der Waals surface area contributed by atoms with Crippen LogP contribution in [0.3, 0.4) is 0 Å². The van der Waals surface area contributed by atoms with Crippen LogP contribution in [0.25, 0.3) is 0 Å². The number of para-hydroxylation sites is 1. The Balaban J connectivity index is 2.06. The van der Waals surface area contributed by atoms with Crippen LogP contribution in [0.2, 0.25) is 0 Å². The largest absolute Gasteiger partial charge is 0.496 e. The molecule has 1 aromatic rings. The van der Waals surface area contributed by atoms with E-state index in [9.17, 15) is 19.2 Å². The van der Waals surface area contributed by atoms with E-state index < -0.39 is 36.0 Å². The number of esters is 1. The van der Waals surface area contributed by atoms with E-state index >= 15 is 0 Å². The molecule has 2 atom stereocenters. The van der Waals surface area contributed by atoms with E-state index in [1.807, 2.05) is 6.26 Å². The Hall–Kier alpha value is -2.75. The minimum atomic E-state index is -1.15. The van der Waals surface area contributed by atoms with Gasteiger partial charge >= 0.3 is 12.0 Å². The van der Waals surface area contributed by atoms with Crippen LogP contribution in [0, 0.1) is 0 Å². The zero-order valence-electron chi connectivity index (χ0n) is 16.6. The van der Waals surface area contributed by atoms with Crippen LogP contribution in [0.5, 0.6) is 5.75 Å². The Morgan fingerprint density at radius 3 is 2.66 bits per heavy atom. The van der Waals surface area contributed by atoms with Crippen molar-refractivity contribution in [2.24, 2.45) is 0 Å². The summed E-state index contributed by atoms with van der Waals surface area (Å²) in [5, 5.41) is 5.17. The maximum atomic E-state index is 12.6. The van der Waals surface area contributed by atoms with Crippen molar-refractivity contribution >= 4 is 35.6 Å². The number of methoxy groups -OCH3 is 1. The van der Waals surface area contributed by atoms with Gasteiger partial charge in [0.05, 0.1) is 12.7 Å². The number of carbonyl (C=O) groups excluding carboxylic acids is 4. The summed E-state index contributed by atoms with van der Waals surface area (Å²) < 4.78 is 10.4. The van der Waals surface area contributed by atoms with E-state index in [1.54, 1.807) is 24.3 Å². The predicted molar refractivity (Wildman–Crippen MR) is 108 cm³/mol. The minimum Gasteiger partial charge on any atom is -0.496 e. The number of nitrogens with one attached hydrogen (secondary N) is 2. The molecule has 0 aliphatic carbocycles. The Kier molecular flexibility index (Phi) is 8.32. The highest BCUT2D eigenvalue weighted by Gasteiger charge is 2.33. The minimum absolute atomic E-state index is 0.222. The molecule has 29 heavy (non-hydrogen) atoms. The van der Waals surface area contributed by atoms with Gasteiger partial charge in [0.25, 0.3) is 11.8 Å². The van der Waals surface area contributed by atoms with Crippen LogP contribution in [0.15, 0.2) is 24.3 Å².